The first-order chi connectivity index (χ1) is 2.81. The van der Waals surface area contributed by atoms with E-state index in [9.17, 15) is 4.79 Å². The molecule has 0 aromatic carbocycles. The summed E-state index contributed by atoms with van der Waals surface area (Å²) in [5.74, 6) is 0. The monoisotopic (exact) mass is 145 g/mol. The van der Waals surface area contributed by atoms with Gasteiger partial charge in [-0.1, -0.05) is 0 Å². The van der Waals surface area contributed by atoms with Gasteiger partial charge in [0.1, 0.15) is 0 Å². The number of carbonyl (C=O) groups is 1. The summed E-state index contributed by atoms with van der Waals surface area (Å²) in [5.41, 5.74) is 0. The number of methoxy groups -OCH3 is 1. The van der Waals surface area contributed by atoms with Crippen LogP contribution < -0.4 is 5.32 Å². The average molecular weight is 145 g/mol. The molecule has 0 aliphatic heterocycles. The van der Waals surface area contributed by atoms with Crippen LogP contribution in [0.1, 0.15) is 0 Å². The second kappa shape index (κ2) is 5.79. The molecule has 4 heteroatoms. The van der Waals surface area contributed by atoms with Crippen molar-refractivity contribution < 1.29 is 26.6 Å². The van der Waals surface area contributed by atoms with Crippen LogP contribution in [-0.4, -0.2) is 20.3 Å². The molecule has 0 aliphatic carbocycles. The molecular formula is C3H7FeNO2. The topological polar surface area (TPSA) is 38.3 Å². The van der Waals surface area contributed by atoms with E-state index in [-0.39, 0.29) is 17.1 Å². The Kier molecular flexibility index (Phi) is 8.21. The third kappa shape index (κ3) is 5.79. The van der Waals surface area contributed by atoms with E-state index in [0.717, 1.165) is 0 Å². The number of carbonyl (C=O) groups excluding carboxylic acids is 1. The SMILES string of the molecule is CNC(=O)OC.[Fe]. The first-order valence-corrected chi connectivity index (χ1v) is 1.57. The largest absolute Gasteiger partial charge is 0.453 e. The van der Waals surface area contributed by atoms with Crippen molar-refractivity contribution in [1.29, 1.82) is 0 Å². The van der Waals surface area contributed by atoms with E-state index in [4.69, 9.17) is 0 Å². The quantitative estimate of drug-likeness (QED) is 0.486. The van der Waals surface area contributed by atoms with Crippen molar-refractivity contribution in [2.75, 3.05) is 14.2 Å². The minimum atomic E-state index is -0.407. The first kappa shape index (κ1) is 9.92. The number of ether oxygens (including phenoxy) is 1. The summed E-state index contributed by atoms with van der Waals surface area (Å²) < 4.78 is 4.15. The molecule has 0 aromatic rings. The Bertz CT molecular complexity index is 50.9. The Balaban J connectivity index is 0. The molecule has 44 valence electrons. The van der Waals surface area contributed by atoms with Gasteiger partial charge in [0.15, 0.2) is 0 Å². The summed E-state index contributed by atoms with van der Waals surface area (Å²) in [4.78, 5) is 9.85. The molecule has 0 aliphatic rings. The molecule has 0 rings (SSSR count). The van der Waals surface area contributed by atoms with Crippen molar-refractivity contribution in [2.45, 2.75) is 0 Å². The summed E-state index contributed by atoms with van der Waals surface area (Å²) >= 11 is 0. The Morgan fingerprint density at radius 3 is 2.14 bits per heavy atom. The summed E-state index contributed by atoms with van der Waals surface area (Å²) in [6.07, 6.45) is -0.407. The molecule has 0 fully saturated rings. The molecule has 0 spiro atoms. The summed E-state index contributed by atoms with van der Waals surface area (Å²) in [6.45, 7) is 0. The van der Waals surface area contributed by atoms with Gasteiger partial charge in [-0.3, -0.25) is 0 Å². The molecule has 0 unspecified atom stereocenters. The molecule has 7 heavy (non-hydrogen) atoms. The standard InChI is InChI=1S/C3H7NO2.Fe/c1-4-3(5)6-2;/h1-2H3,(H,4,5);. The average Bonchev–Trinajstić information content (AvgIpc) is 1.65. The van der Waals surface area contributed by atoms with E-state index < -0.39 is 6.09 Å². The molecule has 0 bridgehead atoms. The molecule has 0 atom stereocenters. The predicted octanol–water partition coefficient (Wildman–Crippen LogP) is -0.0303. The molecule has 1 amide bonds. The van der Waals surface area contributed by atoms with Crippen LogP contribution in [0.15, 0.2) is 0 Å². The fraction of sp³-hybridized carbons (Fsp3) is 0.667. The number of rotatable bonds is 0. The smallest absolute Gasteiger partial charge is 0.406 e. The third-order valence-electron chi connectivity index (χ3n) is 0.390. The first-order valence-electron chi connectivity index (χ1n) is 1.57. The second-order valence-electron chi connectivity index (χ2n) is 0.742. The zero-order chi connectivity index (χ0) is 4.99. The van der Waals surface area contributed by atoms with E-state index in [1.807, 2.05) is 0 Å². The van der Waals surface area contributed by atoms with E-state index in [1.165, 1.54) is 14.2 Å². The maximum absolute atomic E-state index is 9.85. The molecule has 3 nitrogen and oxygen atoms in total. The summed E-state index contributed by atoms with van der Waals surface area (Å²) in [5, 5.41) is 2.25. The van der Waals surface area contributed by atoms with Gasteiger partial charge in [-0.2, -0.15) is 0 Å². The van der Waals surface area contributed by atoms with E-state index in [2.05, 4.69) is 10.1 Å². The Hall–Kier alpha value is -0.211. The van der Waals surface area contributed by atoms with Crippen molar-refractivity contribution >= 4 is 6.09 Å². The zero-order valence-electron chi connectivity index (χ0n) is 4.17. The maximum atomic E-state index is 9.85. The van der Waals surface area contributed by atoms with Crippen LogP contribution in [-0.2, 0) is 21.8 Å². The fourth-order valence-electron chi connectivity index (χ4n) is 0.102. The fourth-order valence-corrected chi connectivity index (χ4v) is 0.102. The normalized spacial score (nSPS) is 6.00. The van der Waals surface area contributed by atoms with Crippen molar-refractivity contribution in [1.82, 2.24) is 5.32 Å². The Morgan fingerprint density at radius 2 is 2.14 bits per heavy atom. The molecule has 1 N–H and O–H groups in total. The van der Waals surface area contributed by atoms with Crippen LogP contribution >= 0.6 is 0 Å². The minimum Gasteiger partial charge on any atom is -0.453 e. The number of hydrogen-bond acceptors (Lipinski definition) is 2. The molecule has 0 heterocycles. The van der Waals surface area contributed by atoms with Crippen LogP contribution in [0.25, 0.3) is 0 Å². The van der Waals surface area contributed by atoms with Gasteiger partial charge < -0.3 is 10.1 Å². The van der Waals surface area contributed by atoms with Gasteiger partial charge in [0, 0.05) is 24.1 Å². The summed E-state index contributed by atoms with van der Waals surface area (Å²) in [6, 6.07) is 0. The molecular weight excluding hydrogens is 138 g/mol. The van der Waals surface area contributed by atoms with Crippen molar-refractivity contribution in [2.24, 2.45) is 0 Å². The third-order valence-corrected chi connectivity index (χ3v) is 0.390. The number of amides is 1. The van der Waals surface area contributed by atoms with Gasteiger partial charge in [-0.15, -0.1) is 0 Å². The Labute approximate surface area is 52.9 Å². The summed E-state index contributed by atoms with van der Waals surface area (Å²) in [7, 11) is 2.82. The molecule has 0 aromatic heterocycles. The van der Waals surface area contributed by atoms with Gasteiger partial charge in [0.05, 0.1) is 7.11 Å². The van der Waals surface area contributed by atoms with Gasteiger partial charge >= 0.3 is 6.09 Å². The predicted molar refractivity (Wildman–Crippen MR) is 21.5 cm³/mol. The van der Waals surface area contributed by atoms with Crippen LogP contribution in [0.5, 0.6) is 0 Å². The van der Waals surface area contributed by atoms with Crippen molar-refractivity contribution in [3.63, 3.8) is 0 Å². The molecule has 0 radical (unpaired) electrons. The zero-order valence-corrected chi connectivity index (χ0v) is 5.27. The maximum Gasteiger partial charge on any atom is 0.406 e. The minimum absolute atomic E-state index is 0. The van der Waals surface area contributed by atoms with E-state index >= 15 is 0 Å². The van der Waals surface area contributed by atoms with Crippen molar-refractivity contribution in [3.8, 4) is 0 Å². The van der Waals surface area contributed by atoms with E-state index in [1.54, 1.807) is 0 Å². The van der Waals surface area contributed by atoms with Gasteiger partial charge in [-0.25, -0.2) is 4.79 Å². The molecule has 0 saturated carbocycles. The van der Waals surface area contributed by atoms with Crippen LogP contribution in [0.4, 0.5) is 4.79 Å². The molecule has 0 saturated heterocycles. The van der Waals surface area contributed by atoms with Crippen LogP contribution in [0, 0.1) is 0 Å². The Morgan fingerprint density at radius 1 is 1.71 bits per heavy atom. The second-order valence-corrected chi connectivity index (χ2v) is 0.742. The van der Waals surface area contributed by atoms with Gasteiger partial charge in [-0.05, 0) is 0 Å². The number of hydrogen-bond donors (Lipinski definition) is 1. The van der Waals surface area contributed by atoms with Crippen LogP contribution in [0.2, 0.25) is 0 Å². The van der Waals surface area contributed by atoms with Crippen LogP contribution in [0.3, 0.4) is 0 Å². The van der Waals surface area contributed by atoms with Gasteiger partial charge in [0.2, 0.25) is 0 Å². The van der Waals surface area contributed by atoms with Gasteiger partial charge in [0.25, 0.3) is 0 Å². The number of nitrogens with one attached hydrogen (secondary N) is 1. The number of alkyl carbamates (subject to hydrolysis) is 1. The van der Waals surface area contributed by atoms with Crippen molar-refractivity contribution in [3.05, 3.63) is 0 Å². The van der Waals surface area contributed by atoms with E-state index in [0.29, 0.717) is 0 Å².